The highest BCUT2D eigenvalue weighted by Crippen LogP contribution is 2.27. The SMILES string of the molecule is CN=C(NCc1cc(OC)ccc1O)NCC1CC1. The van der Waals surface area contributed by atoms with E-state index in [0.717, 1.165) is 29.7 Å². The number of nitrogens with zero attached hydrogens (tertiary/aromatic N) is 1. The summed E-state index contributed by atoms with van der Waals surface area (Å²) >= 11 is 0. The van der Waals surface area contributed by atoms with Gasteiger partial charge >= 0.3 is 0 Å². The molecule has 1 fully saturated rings. The van der Waals surface area contributed by atoms with E-state index in [9.17, 15) is 5.11 Å². The Morgan fingerprint density at radius 3 is 2.84 bits per heavy atom. The van der Waals surface area contributed by atoms with Crippen molar-refractivity contribution in [2.24, 2.45) is 10.9 Å². The van der Waals surface area contributed by atoms with Gasteiger partial charge in [0.15, 0.2) is 5.96 Å². The molecule has 0 unspecified atom stereocenters. The lowest BCUT2D eigenvalue weighted by Crippen LogP contribution is -2.37. The van der Waals surface area contributed by atoms with Crippen LogP contribution in [0.3, 0.4) is 0 Å². The lowest BCUT2D eigenvalue weighted by Gasteiger charge is -2.13. The largest absolute Gasteiger partial charge is 0.508 e. The maximum absolute atomic E-state index is 9.79. The van der Waals surface area contributed by atoms with Crippen LogP contribution in [-0.2, 0) is 6.54 Å². The van der Waals surface area contributed by atoms with Crippen LogP contribution in [0.5, 0.6) is 11.5 Å². The maximum atomic E-state index is 9.79. The Kier molecular flexibility index (Phi) is 4.49. The van der Waals surface area contributed by atoms with E-state index in [1.54, 1.807) is 26.3 Å². The monoisotopic (exact) mass is 263 g/mol. The first-order chi connectivity index (χ1) is 9.22. The van der Waals surface area contributed by atoms with Gasteiger partial charge in [-0.1, -0.05) is 0 Å². The Labute approximate surface area is 113 Å². The molecule has 0 aliphatic heterocycles. The third-order valence-corrected chi connectivity index (χ3v) is 3.21. The van der Waals surface area contributed by atoms with Crippen molar-refractivity contribution < 1.29 is 9.84 Å². The van der Waals surface area contributed by atoms with Crippen LogP contribution in [0.15, 0.2) is 23.2 Å². The number of guanidine groups is 1. The smallest absolute Gasteiger partial charge is 0.191 e. The number of phenols is 1. The lowest BCUT2D eigenvalue weighted by molar-refractivity contribution is 0.410. The first-order valence-electron chi connectivity index (χ1n) is 6.53. The molecule has 0 spiro atoms. The molecule has 0 amide bonds. The molecule has 1 aromatic rings. The minimum Gasteiger partial charge on any atom is -0.508 e. The fourth-order valence-corrected chi connectivity index (χ4v) is 1.79. The van der Waals surface area contributed by atoms with Gasteiger partial charge in [0.05, 0.1) is 7.11 Å². The van der Waals surface area contributed by atoms with Crippen molar-refractivity contribution in [2.75, 3.05) is 20.7 Å². The molecular weight excluding hydrogens is 242 g/mol. The van der Waals surface area contributed by atoms with Crippen molar-refractivity contribution in [3.05, 3.63) is 23.8 Å². The Balaban J connectivity index is 1.88. The van der Waals surface area contributed by atoms with Gasteiger partial charge in [-0.25, -0.2) is 0 Å². The zero-order valence-electron chi connectivity index (χ0n) is 11.4. The standard InChI is InChI=1S/C14H21N3O2/c1-15-14(16-8-10-3-4-10)17-9-11-7-12(19-2)5-6-13(11)18/h5-7,10,18H,3-4,8-9H2,1-2H3,(H2,15,16,17). The molecule has 3 N–H and O–H groups in total. The highest BCUT2D eigenvalue weighted by Gasteiger charge is 2.21. The van der Waals surface area contributed by atoms with Gasteiger partial charge in [-0.15, -0.1) is 0 Å². The minimum atomic E-state index is 0.256. The average molecular weight is 263 g/mol. The van der Waals surface area contributed by atoms with E-state index < -0.39 is 0 Å². The van der Waals surface area contributed by atoms with E-state index in [1.165, 1.54) is 12.8 Å². The molecule has 1 aliphatic rings. The van der Waals surface area contributed by atoms with Gasteiger partial charge < -0.3 is 20.5 Å². The van der Waals surface area contributed by atoms with Gasteiger partial charge in [0.1, 0.15) is 11.5 Å². The number of hydrogen-bond donors (Lipinski definition) is 3. The molecule has 5 heteroatoms. The fraction of sp³-hybridized carbons (Fsp3) is 0.500. The minimum absolute atomic E-state index is 0.256. The predicted octanol–water partition coefficient (Wildman–Crippen LogP) is 1.48. The number of aliphatic imine (C=N–C) groups is 1. The molecule has 1 aromatic carbocycles. The molecular formula is C14H21N3O2. The van der Waals surface area contributed by atoms with Crippen molar-refractivity contribution in [1.29, 1.82) is 0 Å². The first-order valence-corrected chi connectivity index (χ1v) is 6.53. The molecule has 2 rings (SSSR count). The van der Waals surface area contributed by atoms with Crippen molar-refractivity contribution in [3.8, 4) is 11.5 Å². The molecule has 0 heterocycles. The molecule has 5 nitrogen and oxygen atoms in total. The van der Waals surface area contributed by atoms with Crippen LogP contribution in [0.1, 0.15) is 18.4 Å². The van der Waals surface area contributed by atoms with E-state index in [2.05, 4.69) is 15.6 Å². The highest BCUT2D eigenvalue weighted by molar-refractivity contribution is 5.79. The molecule has 1 saturated carbocycles. The Bertz CT molecular complexity index is 456. The van der Waals surface area contributed by atoms with E-state index >= 15 is 0 Å². The van der Waals surface area contributed by atoms with E-state index in [0.29, 0.717) is 6.54 Å². The predicted molar refractivity (Wildman–Crippen MR) is 75.6 cm³/mol. The van der Waals surface area contributed by atoms with Crippen LogP contribution < -0.4 is 15.4 Å². The van der Waals surface area contributed by atoms with Crippen LogP contribution in [0, 0.1) is 5.92 Å². The quantitative estimate of drug-likeness (QED) is 0.556. The number of aromatic hydroxyl groups is 1. The summed E-state index contributed by atoms with van der Waals surface area (Å²) in [7, 11) is 3.35. The zero-order valence-corrected chi connectivity index (χ0v) is 11.4. The van der Waals surface area contributed by atoms with Gasteiger partial charge in [-0.05, 0) is 37.0 Å². The number of hydrogen-bond acceptors (Lipinski definition) is 3. The molecule has 1 aliphatic carbocycles. The van der Waals surface area contributed by atoms with Gasteiger partial charge in [-0.3, -0.25) is 4.99 Å². The van der Waals surface area contributed by atoms with Gasteiger partial charge in [0.25, 0.3) is 0 Å². The summed E-state index contributed by atoms with van der Waals surface area (Å²) in [6, 6.07) is 5.19. The van der Waals surface area contributed by atoms with E-state index in [1.807, 2.05) is 6.07 Å². The summed E-state index contributed by atoms with van der Waals surface area (Å²) in [6.45, 7) is 1.47. The maximum Gasteiger partial charge on any atom is 0.191 e. The molecule has 0 radical (unpaired) electrons. The second-order valence-electron chi connectivity index (χ2n) is 4.74. The lowest BCUT2D eigenvalue weighted by atomic mass is 10.2. The summed E-state index contributed by atoms with van der Waals surface area (Å²) in [5.74, 6) is 2.54. The summed E-state index contributed by atoms with van der Waals surface area (Å²) in [6.07, 6.45) is 2.61. The number of phenolic OH excluding ortho intramolecular Hbond substituents is 1. The third-order valence-electron chi connectivity index (χ3n) is 3.21. The third kappa shape index (κ3) is 4.05. The second kappa shape index (κ2) is 6.31. The van der Waals surface area contributed by atoms with Crippen molar-refractivity contribution in [1.82, 2.24) is 10.6 Å². The van der Waals surface area contributed by atoms with Crippen molar-refractivity contribution in [3.63, 3.8) is 0 Å². The number of rotatable bonds is 5. The molecule has 104 valence electrons. The van der Waals surface area contributed by atoms with Gasteiger partial charge in [0, 0.05) is 25.7 Å². The number of nitrogens with one attached hydrogen (secondary N) is 2. The second-order valence-corrected chi connectivity index (χ2v) is 4.74. The average Bonchev–Trinajstić information content (AvgIpc) is 3.25. The molecule has 0 atom stereocenters. The molecule has 0 aromatic heterocycles. The Morgan fingerprint density at radius 2 is 2.21 bits per heavy atom. The topological polar surface area (TPSA) is 65.9 Å². The van der Waals surface area contributed by atoms with Gasteiger partial charge in [0.2, 0.25) is 0 Å². The Morgan fingerprint density at radius 1 is 1.42 bits per heavy atom. The summed E-state index contributed by atoms with van der Waals surface area (Å²) in [5, 5.41) is 16.2. The number of benzene rings is 1. The molecule has 0 saturated heterocycles. The van der Waals surface area contributed by atoms with Crippen LogP contribution in [0.2, 0.25) is 0 Å². The zero-order chi connectivity index (χ0) is 13.7. The van der Waals surface area contributed by atoms with Crippen molar-refractivity contribution >= 4 is 5.96 Å². The number of ether oxygens (including phenoxy) is 1. The fourth-order valence-electron chi connectivity index (χ4n) is 1.79. The molecule has 19 heavy (non-hydrogen) atoms. The first kappa shape index (κ1) is 13.5. The summed E-state index contributed by atoms with van der Waals surface area (Å²) < 4.78 is 5.15. The summed E-state index contributed by atoms with van der Waals surface area (Å²) in [5.41, 5.74) is 0.786. The van der Waals surface area contributed by atoms with Crippen molar-refractivity contribution in [2.45, 2.75) is 19.4 Å². The summed E-state index contributed by atoms with van der Waals surface area (Å²) in [4.78, 5) is 4.16. The number of methoxy groups -OCH3 is 1. The van der Waals surface area contributed by atoms with Crippen LogP contribution in [-0.4, -0.2) is 31.8 Å². The van der Waals surface area contributed by atoms with Gasteiger partial charge in [-0.2, -0.15) is 0 Å². The van der Waals surface area contributed by atoms with E-state index in [-0.39, 0.29) is 5.75 Å². The molecule has 0 bridgehead atoms. The highest BCUT2D eigenvalue weighted by atomic mass is 16.5. The van der Waals surface area contributed by atoms with E-state index in [4.69, 9.17) is 4.74 Å². The Hall–Kier alpha value is -1.91. The normalized spacial score (nSPS) is 15.2. The van der Waals surface area contributed by atoms with Crippen LogP contribution >= 0.6 is 0 Å². The van der Waals surface area contributed by atoms with Crippen LogP contribution in [0.25, 0.3) is 0 Å². The van der Waals surface area contributed by atoms with Crippen LogP contribution in [0.4, 0.5) is 0 Å².